The summed E-state index contributed by atoms with van der Waals surface area (Å²) in [5.41, 5.74) is 2.71. The average molecular weight is 358 g/mol. The fourth-order valence-electron chi connectivity index (χ4n) is 2.91. The predicted molar refractivity (Wildman–Crippen MR) is 105 cm³/mol. The van der Waals surface area contributed by atoms with E-state index >= 15 is 0 Å². The normalized spacial score (nSPS) is 10.7. The zero-order valence-electron chi connectivity index (χ0n) is 14.8. The summed E-state index contributed by atoms with van der Waals surface area (Å²) in [6.45, 7) is 2.95. The minimum Gasteiger partial charge on any atom is -0.493 e. The van der Waals surface area contributed by atoms with Crippen LogP contribution < -0.4 is 9.64 Å². The molecule has 0 saturated carbocycles. The lowest BCUT2D eigenvalue weighted by atomic mass is 10.2. The summed E-state index contributed by atoms with van der Waals surface area (Å²) in [6, 6.07) is 19.6. The maximum atomic E-state index is 10.0. The van der Waals surface area contributed by atoms with Crippen LogP contribution in [0.2, 0.25) is 0 Å². The van der Waals surface area contributed by atoms with Gasteiger partial charge in [-0.2, -0.15) is 9.97 Å². The molecule has 6 heteroatoms. The Balaban J connectivity index is 1.58. The molecule has 2 aromatic heterocycles. The van der Waals surface area contributed by atoms with Crippen molar-refractivity contribution in [2.45, 2.75) is 6.92 Å². The number of anilines is 2. The van der Waals surface area contributed by atoms with Gasteiger partial charge in [0.05, 0.1) is 17.1 Å². The number of rotatable bonds is 5. The van der Waals surface area contributed by atoms with Crippen LogP contribution in [-0.2, 0) is 0 Å². The Bertz CT molecular complexity index is 1050. The number of aromatic hydroxyl groups is 1. The third kappa shape index (κ3) is 3.50. The minimum absolute atomic E-state index is 0.0798. The van der Waals surface area contributed by atoms with Crippen LogP contribution in [0, 0.1) is 0 Å². The third-order valence-corrected chi connectivity index (χ3v) is 4.20. The van der Waals surface area contributed by atoms with Crippen molar-refractivity contribution in [3.8, 4) is 17.6 Å². The number of benzene rings is 2. The molecule has 1 N–H and O–H groups in total. The van der Waals surface area contributed by atoms with E-state index in [2.05, 4.69) is 38.9 Å². The van der Waals surface area contributed by atoms with E-state index in [1.807, 2.05) is 42.5 Å². The quantitative estimate of drug-likeness (QED) is 0.558. The molecule has 0 spiro atoms. The van der Waals surface area contributed by atoms with Gasteiger partial charge in [0.15, 0.2) is 0 Å². The van der Waals surface area contributed by atoms with Gasteiger partial charge < -0.3 is 14.7 Å². The van der Waals surface area contributed by atoms with E-state index in [4.69, 9.17) is 4.74 Å². The molecule has 27 heavy (non-hydrogen) atoms. The van der Waals surface area contributed by atoms with E-state index in [0.29, 0.717) is 16.7 Å². The van der Waals surface area contributed by atoms with Crippen molar-refractivity contribution in [1.82, 2.24) is 15.0 Å². The largest absolute Gasteiger partial charge is 0.493 e. The third-order valence-electron chi connectivity index (χ3n) is 4.20. The van der Waals surface area contributed by atoms with Crippen LogP contribution in [0.4, 0.5) is 11.4 Å². The van der Waals surface area contributed by atoms with Crippen LogP contribution in [-0.4, -0.2) is 26.6 Å². The average Bonchev–Trinajstić information content (AvgIpc) is 2.71. The topological polar surface area (TPSA) is 71.4 Å². The maximum Gasteiger partial charge on any atom is 0.325 e. The monoisotopic (exact) mass is 358 g/mol. The number of fused-ring (bicyclic) bond motifs is 1. The van der Waals surface area contributed by atoms with Crippen molar-refractivity contribution in [3.63, 3.8) is 0 Å². The maximum absolute atomic E-state index is 10.0. The van der Waals surface area contributed by atoms with Gasteiger partial charge in [0.2, 0.25) is 5.88 Å². The molecule has 4 rings (SSSR count). The molecule has 2 heterocycles. The van der Waals surface area contributed by atoms with E-state index in [0.717, 1.165) is 17.9 Å². The number of hydrogen-bond donors (Lipinski definition) is 1. The fraction of sp³-hybridized carbons (Fsp3) is 0.0952. The number of aromatic nitrogens is 3. The van der Waals surface area contributed by atoms with E-state index in [1.54, 1.807) is 18.5 Å². The van der Waals surface area contributed by atoms with Gasteiger partial charge in [0.1, 0.15) is 5.75 Å². The summed E-state index contributed by atoms with van der Waals surface area (Å²) >= 11 is 0. The summed E-state index contributed by atoms with van der Waals surface area (Å²) in [5, 5.41) is 10.6. The molecular formula is C21H18N4O2. The van der Waals surface area contributed by atoms with Crippen molar-refractivity contribution in [2.75, 3.05) is 11.4 Å². The molecular weight excluding hydrogens is 340 g/mol. The van der Waals surface area contributed by atoms with Gasteiger partial charge >= 0.3 is 6.01 Å². The lowest BCUT2D eigenvalue weighted by Crippen LogP contribution is -2.15. The Kier molecular flexibility index (Phi) is 4.53. The van der Waals surface area contributed by atoms with Crippen LogP contribution in [0.3, 0.4) is 0 Å². The summed E-state index contributed by atoms with van der Waals surface area (Å²) in [6.07, 6.45) is 3.14. The van der Waals surface area contributed by atoms with Crippen LogP contribution in [0.15, 0.2) is 73.1 Å². The first-order valence-corrected chi connectivity index (χ1v) is 8.66. The SMILES string of the molecule is CCN(c1ccccc1)c1ccc(Oc2nc(O)c3ccncc3n2)cc1. The number of para-hydroxylation sites is 1. The van der Waals surface area contributed by atoms with Crippen LogP contribution in [0.25, 0.3) is 10.9 Å². The zero-order chi connectivity index (χ0) is 18.6. The van der Waals surface area contributed by atoms with E-state index in [9.17, 15) is 5.11 Å². The minimum atomic E-state index is -0.129. The summed E-state index contributed by atoms with van der Waals surface area (Å²) < 4.78 is 5.71. The first-order chi connectivity index (χ1) is 13.2. The molecule has 0 fully saturated rings. The summed E-state index contributed by atoms with van der Waals surface area (Å²) in [4.78, 5) is 14.5. The first kappa shape index (κ1) is 16.8. The molecule has 0 atom stereocenters. The molecule has 0 aliphatic carbocycles. The van der Waals surface area contributed by atoms with E-state index in [1.165, 1.54) is 0 Å². The van der Waals surface area contributed by atoms with Gasteiger partial charge in [-0.25, -0.2) is 0 Å². The standard InChI is InChI=1S/C21H18N4O2/c1-2-25(15-6-4-3-5-7-15)16-8-10-17(11-9-16)27-21-23-19-14-22-13-12-18(19)20(26)24-21/h3-14H,2H2,1H3,(H,23,24,26). The molecule has 0 unspecified atom stereocenters. The van der Waals surface area contributed by atoms with Gasteiger partial charge in [-0.05, 0) is 49.4 Å². The Labute approximate surface area is 156 Å². The molecule has 0 bridgehead atoms. The Morgan fingerprint density at radius 1 is 0.926 bits per heavy atom. The predicted octanol–water partition coefficient (Wildman–Crippen LogP) is 4.68. The van der Waals surface area contributed by atoms with Gasteiger partial charge in [-0.15, -0.1) is 0 Å². The highest BCUT2D eigenvalue weighted by atomic mass is 16.5. The van der Waals surface area contributed by atoms with Crippen molar-refractivity contribution in [3.05, 3.63) is 73.1 Å². The number of hydrogen-bond acceptors (Lipinski definition) is 6. The second-order valence-electron chi connectivity index (χ2n) is 5.90. The van der Waals surface area contributed by atoms with Crippen molar-refractivity contribution >= 4 is 22.3 Å². The smallest absolute Gasteiger partial charge is 0.325 e. The first-order valence-electron chi connectivity index (χ1n) is 8.66. The van der Waals surface area contributed by atoms with Crippen LogP contribution in [0.1, 0.15) is 6.92 Å². The Morgan fingerprint density at radius 3 is 2.41 bits per heavy atom. The van der Waals surface area contributed by atoms with E-state index < -0.39 is 0 Å². The number of nitrogens with zero attached hydrogens (tertiary/aromatic N) is 4. The highest BCUT2D eigenvalue weighted by Gasteiger charge is 2.10. The second kappa shape index (κ2) is 7.29. The Hall–Kier alpha value is -3.67. The van der Waals surface area contributed by atoms with Crippen LogP contribution >= 0.6 is 0 Å². The molecule has 4 aromatic rings. The fourth-order valence-corrected chi connectivity index (χ4v) is 2.91. The van der Waals surface area contributed by atoms with Gasteiger partial charge in [0, 0.05) is 24.1 Å². The van der Waals surface area contributed by atoms with Crippen LogP contribution in [0.5, 0.6) is 17.6 Å². The molecule has 0 aliphatic heterocycles. The number of ether oxygens (including phenoxy) is 1. The van der Waals surface area contributed by atoms with Crippen molar-refractivity contribution < 1.29 is 9.84 Å². The van der Waals surface area contributed by atoms with E-state index in [-0.39, 0.29) is 11.9 Å². The molecule has 0 amide bonds. The molecule has 6 nitrogen and oxygen atoms in total. The van der Waals surface area contributed by atoms with Gasteiger partial charge in [0.25, 0.3) is 0 Å². The highest BCUT2D eigenvalue weighted by Crippen LogP contribution is 2.29. The Morgan fingerprint density at radius 2 is 1.67 bits per heavy atom. The van der Waals surface area contributed by atoms with Crippen molar-refractivity contribution in [1.29, 1.82) is 0 Å². The molecule has 0 radical (unpaired) electrons. The molecule has 0 saturated heterocycles. The number of pyridine rings is 1. The molecule has 2 aromatic carbocycles. The lowest BCUT2D eigenvalue weighted by molar-refractivity contribution is 0.412. The summed E-state index contributed by atoms with van der Waals surface area (Å²) in [7, 11) is 0. The second-order valence-corrected chi connectivity index (χ2v) is 5.90. The highest BCUT2D eigenvalue weighted by molar-refractivity contribution is 5.82. The van der Waals surface area contributed by atoms with Gasteiger partial charge in [-0.3, -0.25) is 4.98 Å². The van der Waals surface area contributed by atoms with Gasteiger partial charge in [-0.1, -0.05) is 18.2 Å². The summed E-state index contributed by atoms with van der Waals surface area (Å²) in [5.74, 6) is 0.459. The zero-order valence-corrected chi connectivity index (χ0v) is 14.8. The lowest BCUT2D eigenvalue weighted by Gasteiger charge is -2.23. The molecule has 134 valence electrons. The van der Waals surface area contributed by atoms with Crippen molar-refractivity contribution in [2.24, 2.45) is 0 Å². The molecule has 0 aliphatic rings.